The molecule has 26 heavy (non-hydrogen) atoms. The van der Waals surface area contributed by atoms with Crippen LogP contribution in [-0.4, -0.2) is 66.4 Å². The van der Waals surface area contributed by atoms with Gasteiger partial charge in [-0.15, -0.1) is 0 Å². The molecule has 1 aliphatic rings. The van der Waals surface area contributed by atoms with Gasteiger partial charge in [0.1, 0.15) is 17.7 Å². The van der Waals surface area contributed by atoms with Gasteiger partial charge in [0.2, 0.25) is 5.91 Å². The van der Waals surface area contributed by atoms with Crippen LogP contribution in [0.5, 0.6) is 0 Å². The van der Waals surface area contributed by atoms with Crippen LogP contribution in [0.2, 0.25) is 0 Å². The lowest BCUT2D eigenvalue weighted by atomic mass is 9.68. The van der Waals surface area contributed by atoms with E-state index in [4.69, 9.17) is 14.2 Å². The Morgan fingerprint density at radius 1 is 1.08 bits per heavy atom. The molecule has 0 aromatic carbocycles. The molecule has 1 heterocycles. The highest BCUT2D eigenvalue weighted by Crippen LogP contribution is 2.44. The normalized spacial score (nSPS) is 19.4. The van der Waals surface area contributed by atoms with E-state index in [1.807, 2.05) is 0 Å². The van der Waals surface area contributed by atoms with Crippen LogP contribution in [0.4, 0.5) is 0 Å². The maximum absolute atomic E-state index is 12.8. The second-order valence-electron chi connectivity index (χ2n) is 6.17. The Kier molecular flexibility index (Phi) is 6.88. The van der Waals surface area contributed by atoms with Gasteiger partial charge in [0.05, 0.1) is 20.3 Å². The number of nitrogens with zero attached hydrogens (tertiary/aromatic N) is 1. The van der Waals surface area contributed by atoms with Crippen molar-refractivity contribution in [2.75, 3.05) is 20.3 Å². The zero-order valence-electron chi connectivity index (χ0n) is 15.9. The number of carbonyl (C=O) groups excluding carboxylic acids is 5. The zero-order valence-corrected chi connectivity index (χ0v) is 15.9. The van der Waals surface area contributed by atoms with Crippen molar-refractivity contribution in [1.82, 2.24) is 4.90 Å². The molecule has 1 rings (SSSR count). The Morgan fingerprint density at radius 2 is 1.54 bits per heavy atom. The van der Waals surface area contributed by atoms with Crippen molar-refractivity contribution < 1.29 is 38.2 Å². The number of hydrogen-bond donors (Lipinski definition) is 0. The monoisotopic (exact) mass is 371 g/mol. The SMILES string of the molecule is CCOC(=O)C1(C(=O)OCC)C(C(C)=O)C(=O)N1C(C(=O)OC)C(C)C. The number of amides is 1. The van der Waals surface area contributed by atoms with Crippen molar-refractivity contribution in [3.8, 4) is 0 Å². The molecule has 146 valence electrons. The first-order valence-electron chi connectivity index (χ1n) is 8.38. The fraction of sp³-hybridized carbons (Fsp3) is 0.706. The first kappa shape index (κ1) is 21.6. The van der Waals surface area contributed by atoms with E-state index < -0.39 is 53.0 Å². The number of ketones is 1. The highest BCUT2D eigenvalue weighted by Gasteiger charge is 2.76. The quantitative estimate of drug-likeness (QED) is 0.255. The van der Waals surface area contributed by atoms with E-state index in [0.29, 0.717) is 0 Å². The van der Waals surface area contributed by atoms with E-state index >= 15 is 0 Å². The number of esters is 3. The van der Waals surface area contributed by atoms with Crippen molar-refractivity contribution in [3.63, 3.8) is 0 Å². The van der Waals surface area contributed by atoms with E-state index in [-0.39, 0.29) is 13.2 Å². The van der Waals surface area contributed by atoms with Crippen LogP contribution in [0, 0.1) is 11.8 Å². The standard InChI is InChI=1S/C17H25NO8/c1-7-25-15(22)17(16(23)26-8-2)11(10(5)19)13(20)18(17)12(9(3)4)14(21)24-6/h9,11-12H,7-8H2,1-6H3. The van der Waals surface area contributed by atoms with Gasteiger partial charge in [-0.3, -0.25) is 9.59 Å². The van der Waals surface area contributed by atoms with Crippen molar-refractivity contribution in [2.24, 2.45) is 11.8 Å². The molecule has 2 atom stereocenters. The summed E-state index contributed by atoms with van der Waals surface area (Å²) < 4.78 is 14.7. The lowest BCUT2D eigenvalue weighted by molar-refractivity contribution is -0.211. The summed E-state index contributed by atoms with van der Waals surface area (Å²) in [6, 6.07) is -1.25. The molecule has 0 bridgehead atoms. The molecule has 1 aliphatic heterocycles. The summed E-state index contributed by atoms with van der Waals surface area (Å²) in [7, 11) is 1.13. The van der Waals surface area contributed by atoms with Crippen LogP contribution >= 0.6 is 0 Å². The highest BCUT2D eigenvalue weighted by molar-refractivity contribution is 6.25. The molecule has 0 aromatic rings. The molecule has 0 N–H and O–H groups in total. The minimum Gasteiger partial charge on any atom is -0.467 e. The van der Waals surface area contributed by atoms with Gasteiger partial charge >= 0.3 is 17.9 Å². The summed E-state index contributed by atoms with van der Waals surface area (Å²) >= 11 is 0. The molecule has 0 radical (unpaired) electrons. The molecule has 9 nitrogen and oxygen atoms in total. The average molecular weight is 371 g/mol. The van der Waals surface area contributed by atoms with E-state index in [2.05, 4.69) is 0 Å². The van der Waals surface area contributed by atoms with E-state index in [0.717, 1.165) is 18.9 Å². The van der Waals surface area contributed by atoms with E-state index in [1.54, 1.807) is 13.8 Å². The Bertz CT molecular complexity index is 594. The minimum atomic E-state index is -2.34. The summed E-state index contributed by atoms with van der Waals surface area (Å²) in [6.45, 7) is 7.20. The van der Waals surface area contributed by atoms with E-state index in [1.165, 1.54) is 13.8 Å². The molecule has 0 aromatic heterocycles. The van der Waals surface area contributed by atoms with Crippen molar-refractivity contribution in [1.29, 1.82) is 0 Å². The molecule has 0 saturated carbocycles. The van der Waals surface area contributed by atoms with Crippen LogP contribution in [0.25, 0.3) is 0 Å². The van der Waals surface area contributed by atoms with Gasteiger partial charge in [0.25, 0.3) is 5.54 Å². The summed E-state index contributed by atoms with van der Waals surface area (Å²) in [5.74, 6) is -6.63. The summed E-state index contributed by atoms with van der Waals surface area (Å²) in [4.78, 5) is 63.3. The largest absolute Gasteiger partial charge is 0.467 e. The third kappa shape index (κ3) is 3.17. The van der Waals surface area contributed by atoms with Crippen LogP contribution in [0.15, 0.2) is 0 Å². The predicted octanol–water partition coefficient (Wildman–Crippen LogP) is 0.0964. The molecule has 0 spiro atoms. The fourth-order valence-electron chi connectivity index (χ4n) is 3.18. The average Bonchev–Trinajstić information content (AvgIpc) is 2.55. The van der Waals surface area contributed by atoms with Crippen molar-refractivity contribution in [2.45, 2.75) is 46.2 Å². The number of carbonyl (C=O) groups is 5. The highest BCUT2D eigenvalue weighted by atomic mass is 16.6. The molecule has 0 aliphatic carbocycles. The van der Waals surface area contributed by atoms with E-state index in [9.17, 15) is 24.0 Å². The maximum Gasteiger partial charge on any atom is 0.345 e. The number of Topliss-reactive ketones (excluding diaryl/α,β-unsaturated/α-hetero) is 1. The lowest BCUT2D eigenvalue weighted by Gasteiger charge is -2.54. The number of likely N-dealkylation sites (tertiary alicyclic amines) is 1. The zero-order chi connectivity index (χ0) is 20.2. The molecule has 2 unspecified atom stereocenters. The lowest BCUT2D eigenvalue weighted by Crippen LogP contribution is -2.83. The second-order valence-corrected chi connectivity index (χ2v) is 6.17. The molecule has 9 heteroatoms. The van der Waals surface area contributed by atoms with Crippen LogP contribution in [-0.2, 0) is 38.2 Å². The Hall–Kier alpha value is -2.45. The molecular weight excluding hydrogens is 346 g/mol. The van der Waals surface area contributed by atoms with Crippen molar-refractivity contribution >= 4 is 29.6 Å². The van der Waals surface area contributed by atoms with Gasteiger partial charge in [-0.1, -0.05) is 13.8 Å². The minimum absolute atomic E-state index is 0.0861. The van der Waals surface area contributed by atoms with Gasteiger partial charge in [0.15, 0.2) is 0 Å². The van der Waals surface area contributed by atoms with Gasteiger partial charge in [-0.05, 0) is 26.7 Å². The molecular formula is C17H25NO8. The van der Waals surface area contributed by atoms with Gasteiger partial charge in [0, 0.05) is 0 Å². The fourth-order valence-corrected chi connectivity index (χ4v) is 3.18. The third-order valence-electron chi connectivity index (χ3n) is 4.21. The number of ether oxygens (including phenoxy) is 3. The first-order chi connectivity index (χ1) is 12.1. The third-order valence-corrected chi connectivity index (χ3v) is 4.21. The van der Waals surface area contributed by atoms with Crippen LogP contribution in [0.1, 0.15) is 34.6 Å². The Labute approximate surface area is 151 Å². The summed E-state index contributed by atoms with van der Waals surface area (Å²) in [5, 5.41) is 0. The topological polar surface area (TPSA) is 116 Å². The number of rotatable bonds is 8. The van der Waals surface area contributed by atoms with Gasteiger partial charge < -0.3 is 19.1 Å². The predicted molar refractivity (Wildman–Crippen MR) is 87.7 cm³/mol. The second kappa shape index (κ2) is 8.29. The number of hydrogen-bond acceptors (Lipinski definition) is 8. The smallest absolute Gasteiger partial charge is 0.345 e. The summed E-state index contributed by atoms with van der Waals surface area (Å²) in [5.41, 5.74) is -2.34. The molecule has 1 amide bonds. The molecule has 1 fully saturated rings. The Morgan fingerprint density at radius 3 is 1.85 bits per heavy atom. The number of methoxy groups -OCH3 is 1. The van der Waals surface area contributed by atoms with Crippen LogP contribution < -0.4 is 0 Å². The molecule has 1 saturated heterocycles. The van der Waals surface area contributed by atoms with Gasteiger partial charge in [-0.2, -0.15) is 0 Å². The maximum atomic E-state index is 12.8. The summed E-state index contributed by atoms with van der Waals surface area (Å²) in [6.07, 6.45) is 0. The van der Waals surface area contributed by atoms with Crippen LogP contribution in [0.3, 0.4) is 0 Å². The van der Waals surface area contributed by atoms with Crippen molar-refractivity contribution in [3.05, 3.63) is 0 Å². The number of β-lactam (4-membered cyclic amide) rings is 1. The van der Waals surface area contributed by atoms with Gasteiger partial charge in [-0.25, -0.2) is 14.4 Å². The first-order valence-corrected chi connectivity index (χ1v) is 8.38. The Balaban J connectivity index is 3.65.